The summed E-state index contributed by atoms with van der Waals surface area (Å²) < 4.78 is 15.6. The largest absolute Gasteiger partial charge is 0.342 e. The van der Waals surface area contributed by atoms with Crippen LogP contribution in [0.25, 0.3) is 5.69 Å². The molecular formula is C17H21FN4OS. The first-order valence-corrected chi connectivity index (χ1v) is 9.04. The summed E-state index contributed by atoms with van der Waals surface area (Å²) >= 11 is 1.31. The van der Waals surface area contributed by atoms with Gasteiger partial charge in [-0.25, -0.2) is 4.39 Å². The molecule has 1 atom stereocenters. The molecule has 1 amide bonds. The van der Waals surface area contributed by atoms with Crippen molar-refractivity contribution in [2.75, 3.05) is 13.1 Å². The van der Waals surface area contributed by atoms with Gasteiger partial charge in [0.1, 0.15) is 12.1 Å². The van der Waals surface area contributed by atoms with Crippen LogP contribution in [0.4, 0.5) is 4.39 Å². The van der Waals surface area contributed by atoms with E-state index in [2.05, 4.69) is 17.1 Å². The lowest BCUT2D eigenvalue weighted by atomic mass is 9.99. The molecule has 0 radical (unpaired) electrons. The SMILES string of the molecule is CC1CCN(C(=O)[C@H](C)Sc2nncn2-c2ccccc2F)CC1. The highest BCUT2D eigenvalue weighted by Crippen LogP contribution is 2.27. The number of likely N-dealkylation sites (tertiary alicyclic amines) is 1. The number of para-hydroxylation sites is 1. The number of carbonyl (C=O) groups is 1. The van der Waals surface area contributed by atoms with Gasteiger partial charge in [-0.3, -0.25) is 9.36 Å². The van der Waals surface area contributed by atoms with E-state index in [9.17, 15) is 9.18 Å². The second-order valence-electron chi connectivity index (χ2n) is 6.20. The molecule has 0 saturated carbocycles. The van der Waals surface area contributed by atoms with E-state index < -0.39 is 0 Å². The van der Waals surface area contributed by atoms with E-state index in [-0.39, 0.29) is 17.0 Å². The zero-order chi connectivity index (χ0) is 17.1. The normalized spacial score (nSPS) is 17.0. The number of thioether (sulfide) groups is 1. The summed E-state index contributed by atoms with van der Waals surface area (Å²) in [4.78, 5) is 14.5. The average Bonchev–Trinajstić information content (AvgIpc) is 3.03. The molecule has 5 nitrogen and oxygen atoms in total. The summed E-state index contributed by atoms with van der Waals surface area (Å²) in [5, 5.41) is 8.16. The van der Waals surface area contributed by atoms with Crippen molar-refractivity contribution in [2.45, 2.75) is 37.1 Å². The van der Waals surface area contributed by atoms with Gasteiger partial charge in [0, 0.05) is 13.1 Å². The van der Waals surface area contributed by atoms with Gasteiger partial charge in [0.05, 0.1) is 10.9 Å². The maximum absolute atomic E-state index is 14.0. The van der Waals surface area contributed by atoms with Gasteiger partial charge >= 0.3 is 0 Å². The Labute approximate surface area is 145 Å². The number of piperidine rings is 1. The monoisotopic (exact) mass is 348 g/mol. The van der Waals surface area contributed by atoms with Gasteiger partial charge in [-0.15, -0.1) is 10.2 Å². The van der Waals surface area contributed by atoms with Crippen LogP contribution in [0, 0.1) is 11.7 Å². The number of benzene rings is 1. The Balaban J connectivity index is 1.72. The van der Waals surface area contributed by atoms with Crippen LogP contribution >= 0.6 is 11.8 Å². The number of hydrogen-bond acceptors (Lipinski definition) is 4. The van der Waals surface area contributed by atoms with Gasteiger partial charge in [0.25, 0.3) is 0 Å². The third-order valence-corrected chi connectivity index (χ3v) is 5.40. The van der Waals surface area contributed by atoms with Crippen molar-refractivity contribution >= 4 is 17.7 Å². The predicted molar refractivity (Wildman–Crippen MR) is 91.6 cm³/mol. The molecule has 2 aromatic rings. The van der Waals surface area contributed by atoms with Crippen LogP contribution in [0.3, 0.4) is 0 Å². The minimum atomic E-state index is -0.344. The summed E-state index contributed by atoms with van der Waals surface area (Å²) in [6.45, 7) is 5.71. The fourth-order valence-electron chi connectivity index (χ4n) is 2.81. The Morgan fingerprint density at radius 3 is 2.75 bits per heavy atom. The van der Waals surface area contributed by atoms with Crippen LogP contribution in [-0.2, 0) is 4.79 Å². The van der Waals surface area contributed by atoms with Crippen LogP contribution in [-0.4, -0.2) is 43.9 Å². The lowest BCUT2D eigenvalue weighted by Crippen LogP contribution is -2.41. The Morgan fingerprint density at radius 2 is 2.04 bits per heavy atom. The van der Waals surface area contributed by atoms with Gasteiger partial charge in [-0.05, 0) is 37.8 Å². The zero-order valence-electron chi connectivity index (χ0n) is 13.9. The molecule has 1 aromatic heterocycles. The molecule has 0 bridgehead atoms. The number of nitrogens with zero attached hydrogens (tertiary/aromatic N) is 4. The van der Waals surface area contributed by atoms with Crippen LogP contribution < -0.4 is 0 Å². The van der Waals surface area contributed by atoms with Crippen molar-refractivity contribution in [3.63, 3.8) is 0 Å². The summed E-state index contributed by atoms with van der Waals surface area (Å²) in [5.41, 5.74) is 0.386. The van der Waals surface area contributed by atoms with E-state index in [4.69, 9.17) is 0 Å². The van der Waals surface area contributed by atoms with E-state index >= 15 is 0 Å². The fourth-order valence-corrected chi connectivity index (χ4v) is 3.73. The first-order valence-electron chi connectivity index (χ1n) is 8.16. The molecule has 1 aliphatic rings. The van der Waals surface area contributed by atoms with E-state index in [0.29, 0.717) is 16.8 Å². The summed E-state index contributed by atoms with van der Waals surface area (Å²) in [6, 6.07) is 6.46. The molecule has 1 aromatic carbocycles. The Hall–Kier alpha value is -1.89. The molecular weight excluding hydrogens is 327 g/mol. The zero-order valence-corrected chi connectivity index (χ0v) is 14.7. The van der Waals surface area contributed by atoms with Crippen molar-refractivity contribution in [1.29, 1.82) is 0 Å². The molecule has 1 aliphatic heterocycles. The molecule has 128 valence electrons. The molecule has 0 spiro atoms. The van der Waals surface area contributed by atoms with E-state index in [0.717, 1.165) is 25.9 Å². The molecule has 0 aliphatic carbocycles. The third kappa shape index (κ3) is 3.61. The van der Waals surface area contributed by atoms with Gasteiger partial charge in [-0.1, -0.05) is 30.8 Å². The molecule has 0 N–H and O–H groups in total. The van der Waals surface area contributed by atoms with Crippen molar-refractivity contribution in [3.8, 4) is 5.69 Å². The topological polar surface area (TPSA) is 51.0 Å². The van der Waals surface area contributed by atoms with E-state index in [1.165, 1.54) is 24.2 Å². The van der Waals surface area contributed by atoms with E-state index in [1.54, 1.807) is 22.8 Å². The molecule has 0 unspecified atom stereocenters. The Bertz CT molecular complexity index is 712. The lowest BCUT2D eigenvalue weighted by Gasteiger charge is -2.31. The first kappa shape index (κ1) is 17.0. The van der Waals surface area contributed by atoms with Crippen molar-refractivity contribution in [1.82, 2.24) is 19.7 Å². The molecule has 1 fully saturated rings. The van der Waals surface area contributed by atoms with Crippen LogP contribution in [0.5, 0.6) is 0 Å². The molecule has 3 rings (SSSR count). The van der Waals surface area contributed by atoms with Gasteiger partial charge < -0.3 is 4.90 Å². The van der Waals surface area contributed by atoms with Crippen LogP contribution in [0.2, 0.25) is 0 Å². The van der Waals surface area contributed by atoms with Gasteiger partial charge in [0.2, 0.25) is 5.91 Å². The standard InChI is InChI=1S/C17H21FN4OS/c1-12-7-9-21(10-8-12)16(23)13(2)24-17-20-19-11-22(17)15-6-4-3-5-14(15)18/h3-6,11-13H,7-10H2,1-2H3/t13-/m0/s1. The Morgan fingerprint density at radius 1 is 1.33 bits per heavy atom. The number of aromatic nitrogens is 3. The number of halogens is 1. The van der Waals surface area contributed by atoms with Crippen LogP contribution in [0.1, 0.15) is 26.7 Å². The van der Waals surface area contributed by atoms with Gasteiger partial charge in [0.15, 0.2) is 5.16 Å². The maximum Gasteiger partial charge on any atom is 0.235 e. The molecule has 7 heteroatoms. The number of rotatable bonds is 4. The number of amides is 1. The van der Waals surface area contributed by atoms with Crippen molar-refractivity contribution in [2.24, 2.45) is 5.92 Å². The van der Waals surface area contributed by atoms with Gasteiger partial charge in [-0.2, -0.15) is 0 Å². The number of hydrogen-bond donors (Lipinski definition) is 0. The predicted octanol–water partition coefficient (Wildman–Crippen LogP) is 3.15. The van der Waals surface area contributed by atoms with Crippen molar-refractivity contribution < 1.29 is 9.18 Å². The second-order valence-corrected chi connectivity index (χ2v) is 7.51. The fraction of sp³-hybridized carbons (Fsp3) is 0.471. The summed E-state index contributed by atoms with van der Waals surface area (Å²) in [7, 11) is 0. The first-order chi connectivity index (χ1) is 11.6. The summed E-state index contributed by atoms with van der Waals surface area (Å²) in [5.74, 6) is 0.444. The average molecular weight is 348 g/mol. The second kappa shape index (κ2) is 7.34. The highest BCUT2D eigenvalue weighted by atomic mass is 32.2. The number of carbonyl (C=O) groups excluding carboxylic acids is 1. The summed E-state index contributed by atoms with van der Waals surface area (Å²) in [6.07, 6.45) is 3.57. The highest BCUT2D eigenvalue weighted by Gasteiger charge is 2.26. The minimum absolute atomic E-state index is 0.106. The van der Waals surface area contributed by atoms with E-state index in [1.807, 2.05) is 11.8 Å². The highest BCUT2D eigenvalue weighted by molar-refractivity contribution is 8.00. The lowest BCUT2D eigenvalue weighted by molar-refractivity contribution is -0.131. The van der Waals surface area contributed by atoms with Crippen molar-refractivity contribution in [3.05, 3.63) is 36.4 Å². The Kier molecular flexibility index (Phi) is 5.18. The quantitative estimate of drug-likeness (QED) is 0.797. The minimum Gasteiger partial charge on any atom is -0.342 e. The molecule has 2 heterocycles. The molecule has 24 heavy (non-hydrogen) atoms. The third-order valence-electron chi connectivity index (χ3n) is 4.35. The smallest absolute Gasteiger partial charge is 0.235 e. The van der Waals surface area contributed by atoms with Crippen LogP contribution in [0.15, 0.2) is 35.7 Å². The maximum atomic E-state index is 14.0. The molecule has 1 saturated heterocycles.